The highest BCUT2D eigenvalue weighted by Gasteiger charge is 2.27. The van der Waals surface area contributed by atoms with Gasteiger partial charge in [-0.2, -0.15) is 4.98 Å². The molecule has 3 N–H and O–H groups in total. The summed E-state index contributed by atoms with van der Waals surface area (Å²) in [5, 5.41) is 1.94. The number of rotatable bonds is 2. The van der Waals surface area contributed by atoms with E-state index < -0.39 is 0 Å². The summed E-state index contributed by atoms with van der Waals surface area (Å²) < 4.78 is 5.07. The van der Waals surface area contributed by atoms with Gasteiger partial charge in [0.25, 0.3) is 5.91 Å². The normalized spacial score (nSPS) is 13.7. The molecule has 0 unspecified atom stereocenters. The van der Waals surface area contributed by atoms with Crippen molar-refractivity contribution in [2.24, 2.45) is 0 Å². The van der Waals surface area contributed by atoms with Gasteiger partial charge in [0.15, 0.2) is 0 Å². The number of carbonyl (C=O) groups is 1. The minimum Gasteiger partial charge on any atom is -0.479 e. The van der Waals surface area contributed by atoms with Gasteiger partial charge in [0.05, 0.1) is 28.9 Å². The summed E-state index contributed by atoms with van der Waals surface area (Å²) in [7, 11) is 1.45. The molecular formula is C17H15Cl2N5O2. The van der Waals surface area contributed by atoms with E-state index in [1.54, 1.807) is 11.0 Å². The first-order valence-corrected chi connectivity index (χ1v) is 8.68. The molecule has 4 rings (SSSR count). The fourth-order valence-corrected chi connectivity index (χ4v) is 3.55. The molecule has 0 aliphatic carbocycles. The quantitative estimate of drug-likeness (QED) is 0.699. The number of fused-ring (bicyclic) bond motifs is 3. The molecule has 0 radical (unpaired) electrons. The summed E-state index contributed by atoms with van der Waals surface area (Å²) in [6.45, 7) is 0.974. The highest BCUT2D eigenvalue weighted by atomic mass is 35.5. The Hall–Kier alpha value is -2.51. The van der Waals surface area contributed by atoms with Crippen LogP contribution in [0.1, 0.15) is 21.9 Å². The number of methoxy groups -OCH3 is 1. The molecule has 0 spiro atoms. The van der Waals surface area contributed by atoms with Gasteiger partial charge in [-0.1, -0.05) is 29.3 Å². The highest BCUT2D eigenvalue weighted by molar-refractivity contribution is 6.45. The number of nitrogens with two attached hydrogens (primary N) is 1. The third-order valence-corrected chi connectivity index (χ3v) is 5.30. The van der Waals surface area contributed by atoms with Gasteiger partial charge >= 0.3 is 0 Å². The first-order chi connectivity index (χ1) is 12.5. The monoisotopic (exact) mass is 391 g/mol. The number of aromatic nitrogens is 3. The predicted molar refractivity (Wildman–Crippen MR) is 99.8 cm³/mol. The van der Waals surface area contributed by atoms with E-state index in [1.165, 1.54) is 13.3 Å². The lowest BCUT2D eigenvalue weighted by Crippen LogP contribution is -2.36. The molecule has 0 fully saturated rings. The first kappa shape index (κ1) is 16.9. The molecule has 0 saturated heterocycles. The number of benzene rings is 1. The van der Waals surface area contributed by atoms with Crippen molar-refractivity contribution < 1.29 is 9.53 Å². The number of ether oxygens (including phenoxy) is 1. The Morgan fingerprint density at radius 2 is 2.19 bits per heavy atom. The molecule has 0 atom stereocenters. The molecule has 1 amide bonds. The molecule has 1 aliphatic rings. The number of amides is 1. The second kappa shape index (κ2) is 6.34. The van der Waals surface area contributed by atoms with E-state index in [1.807, 2.05) is 6.07 Å². The number of halogens is 2. The van der Waals surface area contributed by atoms with Gasteiger partial charge in [0.1, 0.15) is 5.69 Å². The van der Waals surface area contributed by atoms with Crippen molar-refractivity contribution in [3.63, 3.8) is 0 Å². The van der Waals surface area contributed by atoms with E-state index >= 15 is 0 Å². The lowest BCUT2D eigenvalue weighted by atomic mass is 10.0. The molecule has 3 aromatic rings. The largest absolute Gasteiger partial charge is 0.479 e. The summed E-state index contributed by atoms with van der Waals surface area (Å²) in [5.41, 5.74) is 8.88. The molecule has 0 saturated carbocycles. The zero-order chi connectivity index (χ0) is 18.4. The molecule has 9 heteroatoms. The van der Waals surface area contributed by atoms with Crippen LogP contribution < -0.4 is 10.5 Å². The Morgan fingerprint density at radius 3 is 2.96 bits per heavy atom. The summed E-state index contributed by atoms with van der Waals surface area (Å²) in [5.74, 6) is -0.0293. The summed E-state index contributed by atoms with van der Waals surface area (Å²) in [4.78, 5) is 26.0. The number of carbonyl (C=O) groups excluding carboxylic acids is 1. The van der Waals surface area contributed by atoms with Crippen molar-refractivity contribution in [3.8, 4) is 5.88 Å². The van der Waals surface area contributed by atoms with Crippen LogP contribution in [0.2, 0.25) is 10.0 Å². The van der Waals surface area contributed by atoms with Crippen LogP contribution in [0.15, 0.2) is 18.3 Å². The van der Waals surface area contributed by atoms with Crippen LogP contribution in [0.3, 0.4) is 0 Å². The molecule has 0 bridgehead atoms. The minimum absolute atomic E-state index is 0.0559. The second-order valence-corrected chi connectivity index (χ2v) is 6.79. The van der Waals surface area contributed by atoms with Gasteiger partial charge < -0.3 is 20.4 Å². The van der Waals surface area contributed by atoms with E-state index in [9.17, 15) is 4.79 Å². The van der Waals surface area contributed by atoms with Crippen LogP contribution in [-0.2, 0) is 13.0 Å². The Kier molecular flexibility index (Phi) is 4.13. The number of aromatic amines is 1. The number of nitrogen functional groups attached to an aromatic ring is 1. The summed E-state index contributed by atoms with van der Waals surface area (Å²) in [6.07, 6.45) is 2.05. The van der Waals surface area contributed by atoms with Crippen molar-refractivity contribution in [2.75, 3.05) is 19.4 Å². The lowest BCUT2D eigenvalue weighted by molar-refractivity contribution is 0.0721. The van der Waals surface area contributed by atoms with Crippen molar-refractivity contribution >= 4 is 45.7 Å². The number of hydrogen-bond donors (Lipinski definition) is 2. The van der Waals surface area contributed by atoms with Gasteiger partial charge in [0, 0.05) is 36.2 Å². The average molecular weight is 392 g/mol. The summed E-state index contributed by atoms with van der Waals surface area (Å²) >= 11 is 12.4. The van der Waals surface area contributed by atoms with Crippen molar-refractivity contribution in [3.05, 3.63) is 45.5 Å². The van der Waals surface area contributed by atoms with Gasteiger partial charge in [-0.05, 0) is 6.07 Å². The third-order valence-electron chi connectivity index (χ3n) is 4.49. The van der Waals surface area contributed by atoms with Gasteiger partial charge in [-0.25, -0.2) is 4.98 Å². The number of hydrogen-bond acceptors (Lipinski definition) is 5. The molecule has 1 aromatic carbocycles. The maximum absolute atomic E-state index is 12.8. The maximum atomic E-state index is 12.8. The topological polar surface area (TPSA) is 97.1 Å². The van der Waals surface area contributed by atoms with E-state index in [-0.39, 0.29) is 23.3 Å². The number of nitrogens with one attached hydrogen (secondary N) is 1. The summed E-state index contributed by atoms with van der Waals surface area (Å²) in [6, 6.07) is 3.67. The van der Waals surface area contributed by atoms with E-state index in [0.717, 1.165) is 22.2 Å². The Morgan fingerprint density at radius 1 is 1.38 bits per heavy atom. The SMILES string of the molecule is COc1nc(C(=O)N2CCc3[nH]c4c(Cl)c(Cl)ccc4c3C2)ncc1N. The average Bonchev–Trinajstić information content (AvgIpc) is 3.03. The van der Waals surface area contributed by atoms with Crippen molar-refractivity contribution in [1.29, 1.82) is 0 Å². The van der Waals surface area contributed by atoms with Crippen molar-refractivity contribution in [2.45, 2.75) is 13.0 Å². The fourth-order valence-electron chi connectivity index (χ4n) is 3.18. The standard InChI is InChI=1S/C17H15Cl2N5O2/c1-26-16-11(20)6-21-15(23-16)17(25)24-5-4-12-9(7-24)8-2-3-10(18)13(19)14(8)22-12/h2-3,6,22H,4-5,7,20H2,1H3. The van der Waals surface area contributed by atoms with Gasteiger partial charge in [-0.15, -0.1) is 0 Å². The van der Waals surface area contributed by atoms with Crippen LogP contribution >= 0.6 is 23.2 Å². The van der Waals surface area contributed by atoms with Crippen LogP contribution in [0.5, 0.6) is 5.88 Å². The minimum atomic E-state index is -0.275. The molecule has 1 aliphatic heterocycles. The molecule has 7 nitrogen and oxygen atoms in total. The number of anilines is 1. The predicted octanol–water partition coefficient (Wildman–Crippen LogP) is 3.05. The zero-order valence-electron chi connectivity index (χ0n) is 13.8. The molecule has 134 valence electrons. The van der Waals surface area contributed by atoms with Crippen LogP contribution in [0.25, 0.3) is 10.9 Å². The third kappa shape index (κ3) is 2.64. The molecule has 3 heterocycles. The fraction of sp³-hybridized carbons (Fsp3) is 0.235. The van der Waals surface area contributed by atoms with Gasteiger partial charge in [-0.3, -0.25) is 4.79 Å². The van der Waals surface area contributed by atoms with Crippen LogP contribution in [0.4, 0.5) is 5.69 Å². The van der Waals surface area contributed by atoms with Gasteiger partial charge in [0.2, 0.25) is 11.7 Å². The van der Waals surface area contributed by atoms with E-state index in [0.29, 0.717) is 29.6 Å². The number of H-pyrrole nitrogens is 1. The molecular weight excluding hydrogens is 377 g/mol. The van der Waals surface area contributed by atoms with Crippen molar-refractivity contribution in [1.82, 2.24) is 19.9 Å². The second-order valence-electron chi connectivity index (χ2n) is 6.00. The van der Waals surface area contributed by atoms with E-state index in [2.05, 4.69) is 15.0 Å². The maximum Gasteiger partial charge on any atom is 0.292 e. The Labute approximate surface area is 159 Å². The zero-order valence-corrected chi connectivity index (χ0v) is 15.4. The highest BCUT2D eigenvalue weighted by Crippen LogP contribution is 2.35. The Balaban J connectivity index is 1.68. The van der Waals surface area contributed by atoms with Crippen LogP contribution in [-0.4, -0.2) is 39.4 Å². The number of nitrogens with zero attached hydrogens (tertiary/aromatic N) is 3. The first-order valence-electron chi connectivity index (χ1n) is 7.92. The lowest BCUT2D eigenvalue weighted by Gasteiger charge is -2.26. The smallest absolute Gasteiger partial charge is 0.292 e. The van der Waals surface area contributed by atoms with Crippen LogP contribution in [0, 0.1) is 0 Å². The Bertz CT molecular complexity index is 1030. The molecule has 2 aromatic heterocycles. The molecule has 26 heavy (non-hydrogen) atoms. The van der Waals surface area contributed by atoms with E-state index in [4.69, 9.17) is 33.7 Å².